The number of nitrogens with zero attached hydrogens (tertiary/aromatic N) is 1. The van der Waals surface area contributed by atoms with E-state index < -0.39 is 22.0 Å². The van der Waals surface area contributed by atoms with Crippen LogP contribution in [0.4, 0.5) is 11.4 Å². The lowest BCUT2D eigenvalue weighted by Crippen LogP contribution is -2.46. The maximum Gasteiger partial charge on any atom is 0.248 e. The van der Waals surface area contributed by atoms with Gasteiger partial charge in [-0.05, 0) is 60.5 Å². The summed E-state index contributed by atoms with van der Waals surface area (Å²) in [5.74, 6) is 0.239. The lowest BCUT2D eigenvalue weighted by molar-refractivity contribution is -0.117. The number of nitrogens with one attached hydrogen (secondary N) is 1. The Morgan fingerprint density at radius 3 is 2.19 bits per heavy atom. The summed E-state index contributed by atoms with van der Waals surface area (Å²) >= 11 is 5.93. The summed E-state index contributed by atoms with van der Waals surface area (Å²) in [4.78, 5) is 13.0. The zero-order chi connectivity index (χ0) is 23.1. The van der Waals surface area contributed by atoms with E-state index in [1.807, 2.05) is 30.3 Å². The van der Waals surface area contributed by atoms with Crippen molar-refractivity contribution in [2.24, 2.45) is 0 Å². The Morgan fingerprint density at radius 2 is 1.62 bits per heavy atom. The molecule has 3 rings (SSSR count). The van der Waals surface area contributed by atoms with E-state index in [-0.39, 0.29) is 0 Å². The number of sulfonamides is 1. The van der Waals surface area contributed by atoms with E-state index in [0.717, 1.165) is 16.1 Å². The monoisotopic (exact) mass is 472 g/mol. The number of hydrogen-bond acceptors (Lipinski definition) is 4. The largest absolute Gasteiger partial charge is 0.489 e. The lowest BCUT2D eigenvalue weighted by atomic mass is 10.1. The minimum atomic E-state index is -3.71. The molecule has 168 valence electrons. The van der Waals surface area contributed by atoms with Crippen LogP contribution >= 0.6 is 11.6 Å². The molecule has 6 nitrogen and oxygen atoms in total. The molecule has 1 amide bonds. The summed E-state index contributed by atoms with van der Waals surface area (Å²) < 4.78 is 31.9. The third-order valence-corrected chi connectivity index (χ3v) is 6.21. The van der Waals surface area contributed by atoms with E-state index in [0.29, 0.717) is 35.2 Å². The molecule has 0 aromatic heterocycles. The second kappa shape index (κ2) is 10.5. The van der Waals surface area contributed by atoms with Crippen molar-refractivity contribution in [2.75, 3.05) is 15.9 Å². The maximum absolute atomic E-state index is 13.0. The van der Waals surface area contributed by atoms with E-state index in [9.17, 15) is 13.2 Å². The highest BCUT2D eigenvalue weighted by atomic mass is 35.5. The minimum Gasteiger partial charge on any atom is -0.489 e. The summed E-state index contributed by atoms with van der Waals surface area (Å²) in [7, 11) is -3.71. The zero-order valence-corrected chi connectivity index (χ0v) is 19.4. The van der Waals surface area contributed by atoms with Gasteiger partial charge in [0.25, 0.3) is 0 Å². The van der Waals surface area contributed by atoms with E-state index in [4.69, 9.17) is 16.3 Å². The van der Waals surface area contributed by atoms with E-state index >= 15 is 0 Å². The average molecular weight is 473 g/mol. The van der Waals surface area contributed by atoms with E-state index in [2.05, 4.69) is 5.32 Å². The van der Waals surface area contributed by atoms with Crippen molar-refractivity contribution in [3.05, 3.63) is 89.4 Å². The van der Waals surface area contributed by atoms with Crippen LogP contribution in [0.1, 0.15) is 18.9 Å². The SMILES string of the molecule is CC[C@H](C(=O)Nc1ccc(OCc2ccccc2)cc1)N(c1ccc(Cl)cc1)S(C)(=O)=O. The molecule has 0 bridgehead atoms. The molecule has 0 aliphatic carbocycles. The normalized spacial score (nSPS) is 12.1. The Labute approximate surface area is 193 Å². The third kappa shape index (κ3) is 6.24. The number of benzene rings is 3. The number of carbonyl (C=O) groups excluding carboxylic acids is 1. The van der Waals surface area contributed by atoms with Gasteiger partial charge in [-0.3, -0.25) is 9.10 Å². The summed E-state index contributed by atoms with van der Waals surface area (Å²) in [6.07, 6.45) is 1.37. The molecule has 3 aromatic carbocycles. The molecule has 0 fully saturated rings. The van der Waals surface area contributed by atoms with Crippen LogP contribution in [0.15, 0.2) is 78.9 Å². The first kappa shape index (κ1) is 23.6. The number of carbonyl (C=O) groups is 1. The number of rotatable bonds is 9. The highest BCUT2D eigenvalue weighted by molar-refractivity contribution is 7.92. The van der Waals surface area contributed by atoms with Crippen LogP contribution in [0.25, 0.3) is 0 Å². The fourth-order valence-corrected chi connectivity index (χ4v) is 4.59. The standard InChI is InChI=1S/C24H25ClN2O4S/c1-3-23(27(32(2,29)30)21-13-9-19(25)10-14-21)24(28)26-20-11-15-22(16-12-20)31-17-18-7-5-4-6-8-18/h4-16,23H,3,17H2,1-2H3,(H,26,28)/t23-/m1/s1. The van der Waals surface area contributed by atoms with Crippen LogP contribution in [-0.2, 0) is 21.4 Å². The van der Waals surface area contributed by atoms with E-state index in [1.54, 1.807) is 55.5 Å². The van der Waals surface area contributed by atoms with Crippen molar-refractivity contribution in [3.63, 3.8) is 0 Å². The highest BCUT2D eigenvalue weighted by Crippen LogP contribution is 2.25. The van der Waals surface area contributed by atoms with E-state index in [1.165, 1.54) is 0 Å². The topological polar surface area (TPSA) is 75.7 Å². The van der Waals surface area contributed by atoms with Crippen molar-refractivity contribution < 1.29 is 17.9 Å². The average Bonchev–Trinajstić information content (AvgIpc) is 2.77. The third-order valence-electron chi connectivity index (χ3n) is 4.78. The Morgan fingerprint density at radius 1 is 1.00 bits per heavy atom. The Kier molecular flexibility index (Phi) is 7.77. The molecular formula is C24H25ClN2O4S. The molecule has 0 saturated carbocycles. The van der Waals surface area contributed by atoms with Crippen LogP contribution < -0.4 is 14.4 Å². The molecule has 3 aromatic rings. The Hall–Kier alpha value is -3.03. The van der Waals surface area contributed by atoms with Gasteiger partial charge in [-0.25, -0.2) is 8.42 Å². The molecule has 0 heterocycles. The molecule has 8 heteroatoms. The smallest absolute Gasteiger partial charge is 0.248 e. The molecule has 0 aliphatic heterocycles. The Balaban J connectivity index is 1.71. The van der Waals surface area contributed by atoms with Gasteiger partial charge in [0.15, 0.2) is 0 Å². The summed E-state index contributed by atoms with van der Waals surface area (Å²) in [5.41, 5.74) is 1.98. The van der Waals surface area contributed by atoms with Crippen LogP contribution in [-0.4, -0.2) is 26.6 Å². The van der Waals surface area contributed by atoms with Gasteiger partial charge in [-0.1, -0.05) is 48.9 Å². The van der Waals surface area contributed by atoms with Gasteiger partial charge in [-0.15, -0.1) is 0 Å². The summed E-state index contributed by atoms with van der Waals surface area (Å²) in [6, 6.07) is 22.2. The first-order valence-electron chi connectivity index (χ1n) is 10.1. The van der Waals surface area contributed by atoms with Crippen molar-refractivity contribution >= 4 is 38.9 Å². The van der Waals surface area contributed by atoms with Crippen LogP contribution in [0, 0.1) is 0 Å². The fourth-order valence-electron chi connectivity index (χ4n) is 3.25. The highest BCUT2D eigenvalue weighted by Gasteiger charge is 2.31. The van der Waals surface area contributed by atoms with Crippen molar-refractivity contribution in [1.29, 1.82) is 0 Å². The van der Waals surface area contributed by atoms with Crippen molar-refractivity contribution in [2.45, 2.75) is 26.0 Å². The number of halogens is 1. The Bertz CT molecular complexity index is 1130. The van der Waals surface area contributed by atoms with Crippen LogP contribution in [0.2, 0.25) is 5.02 Å². The summed E-state index contributed by atoms with van der Waals surface area (Å²) in [5, 5.41) is 3.28. The van der Waals surface area contributed by atoms with Crippen LogP contribution in [0.3, 0.4) is 0 Å². The van der Waals surface area contributed by atoms with Gasteiger partial charge in [0.2, 0.25) is 15.9 Å². The number of amides is 1. The maximum atomic E-state index is 13.0. The number of ether oxygens (including phenoxy) is 1. The first-order chi connectivity index (χ1) is 15.3. The second-order valence-electron chi connectivity index (χ2n) is 7.25. The predicted octanol–water partition coefficient (Wildman–Crippen LogP) is 5.10. The molecule has 1 atom stereocenters. The fraction of sp³-hybridized carbons (Fsp3) is 0.208. The van der Waals surface area contributed by atoms with Gasteiger partial charge in [0.1, 0.15) is 18.4 Å². The van der Waals surface area contributed by atoms with Gasteiger partial charge in [0, 0.05) is 10.7 Å². The van der Waals surface area contributed by atoms with Gasteiger partial charge in [-0.2, -0.15) is 0 Å². The molecule has 0 saturated heterocycles. The number of anilines is 2. The lowest BCUT2D eigenvalue weighted by Gasteiger charge is -2.30. The van der Waals surface area contributed by atoms with Crippen LogP contribution in [0.5, 0.6) is 5.75 Å². The minimum absolute atomic E-state index is 0.291. The number of hydrogen-bond donors (Lipinski definition) is 1. The molecule has 0 radical (unpaired) electrons. The van der Waals surface area contributed by atoms with Gasteiger partial charge < -0.3 is 10.1 Å². The molecule has 0 unspecified atom stereocenters. The van der Waals surface area contributed by atoms with Gasteiger partial charge >= 0.3 is 0 Å². The first-order valence-corrected chi connectivity index (χ1v) is 12.3. The van der Waals surface area contributed by atoms with Crippen molar-refractivity contribution in [1.82, 2.24) is 0 Å². The quantitative estimate of drug-likeness (QED) is 0.470. The molecule has 32 heavy (non-hydrogen) atoms. The molecule has 1 N–H and O–H groups in total. The predicted molar refractivity (Wildman–Crippen MR) is 129 cm³/mol. The summed E-state index contributed by atoms with van der Waals surface area (Å²) in [6.45, 7) is 2.20. The zero-order valence-electron chi connectivity index (χ0n) is 17.9. The molecular weight excluding hydrogens is 448 g/mol. The second-order valence-corrected chi connectivity index (χ2v) is 9.54. The van der Waals surface area contributed by atoms with Crippen molar-refractivity contribution in [3.8, 4) is 5.75 Å². The molecule has 0 aliphatic rings. The van der Waals surface area contributed by atoms with Gasteiger partial charge in [0.05, 0.1) is 11.9 Å². The molecule has 0 spiro atoms.